The number of Topliss-reactive ketones (excluding diaryl/α,β-unsaturated/α-hetero) is 1. The van der Waals surface area contributed by atoms with Crippen molar-refractivity contribution in [3.05, 3.63) is 59.5 Å². The zero-order valence-corrected chi connectivity index (χ0v) is 27.6. The number of benzene rings is 1. The van der Waals surface area contributed by atoms with E-state index in [-0.39, 0.29) is 48.8 Å². The van der Waals surface area contributed by atoms with Crippen LogP contribution in [0.25, 0.3) is 10.1 Å². The Bertz CT molecular complexity index is 1410. The first-order chi connectivity index (χ1) is 21.7. The van der Waals surface area contributed by atoms with Crippen LogP contribution < -0.4 is 4.72 Å². The topological polar surface area (TPSA) is 117 Å². The van der Waals surface area contributed by atoms with Gasteiger partial charge in [0.25, 0.3) is 0 Å². The molecule has 3 heterocycles. The average molecular weight is 660 g/mol. The monoisotopic (exact) mass is 659 g/mol. The predicted octanol–water partition coefficient (Wildman–Crippen LogP) is 6.35. The summed E-state index contributed by atoms with van der Waals surface area (Å²) >= 11 is 1.71. The van der Waals surface area contributed by atoms with Gasteiger partial charge in [0.05, 0.1) is 12.4 Å². The van der Waals surface area contributed by atoms with Crippen LogP contribution in [0.1, 0.15) is 81.6 Å². The first kappa shape index (κ1) is 33.9. The molecule has 2 unspecified atom stereocenters. The van der Waals surface area contributed by atoms with Crippen molar-refractivity contribution in [1.29, 1.82) is 0 Å². The van der Waals surface area contributed by atoms with E-state index >= 15 is 0 Å². The van der Waals surface area contributed by atoms with Crippen molar-refractivity contribution in [3.63, 3.8) is 0 Å². The third-order valence-electron chi connectivity index (χ3n) is 8.47. The van der Waals surface area contributed by atoms with E-state index in [2.05, 4.69) is 30.4 Å². The van der Waals surface area contributed by atoms with E-state index in [1.165, 1.54) is 10.1 Å². The molecule has 5 rings (SSSR count). The van der Waals surface area contributed by atoms with Gasteiger partial charge in [-0.05, 0) is 75.3 Å². The minimum absolute atomic E-state index is 0.117. The lowest BCUT2D eigenvalue weighted by Crippen LogP contribution is -2.30. The fourth-order valence-corrected chi connectivity index (χ4v) is 7.82. The zero-order valence-electron chi connectivity index (χ0n) is 25.9. The highest BCUT2D eigenvalue weighted by atomic mass is 32.2. The van der Waals surface area contributed by atoms with E-state index in [4.69, 9.17) is 18.9 Å². The molecule has 3 aliphatic rings. The first-order valence-corrected chi connectivity index (χ1v) is 18.9. The van der Waals surface area contributed by atoms with Crippen LogP contribution in [0.5, 0.6) is 0 Å². The number of unbranched alkanes of at least 4 members (excludes halogenated alkanes) is 1. The van der Waals surface area contributed by atoms with Crippen molar-refractivity contribution in [2.24, 2.45) is 11.8 Å². The van der Waals surface area contributed by atoms with Crippen molar-refractivity contribution in [2.45, 2.75) is 95.4 Å². The number of thiophene rings is 1. The fraction of sp³-hybridized carbons (Fsp3) is 0.588. The number of hydrogen-bond donors (Lipinski definition) is 1. The minimum atomic E-state index is -3.55. The van der Waals surface area contributed by atoms with Gasteiger partial charge in [-0.15, -0.1) is 11.3 Å². The van der Waals surface area contributed by atoms with E-state index in [0.29, 0.717) is 38.9 Å². The number of nitrogens with one attached hydrogen (secondary N) is 1. The number of ketones is 1. The highest BCUT2D eigenvalue weighted by Gasteiger charge is 2.42. The van der Waals surface area contributed by atoms with Crippen molar-refractivity contribution < 1.29 is 37.0 Å². The second-order valence-corrected chi connectivity index (χ2v) is 15.0. The number of rotatable bonds is 14. The van der Waals surface area contributed by atoms with E-state index < -0.39 is 15.9 Å². The maximum absolute atomic E-state index is 13.4. The molecular weight excluding hydrogens is 615 g/mol. The quantitative estimate of drug-likeness (QED) is 0.184. The van der Waals surface area contributed by atoms with Crippen LogP contribution in [-0.4, -0.2) is 58.3 Å². The van der Waals surface area contributed by atoms with Gasteiger partial charge < -0.3 is 18.9 Å². The fourth-order valence-electron chi connectivity index (χ4n) is 6.22. The van der Waals surface area contributed by atoms with Crippen LogP contribution >= 0.6 is 11.3 Å². The number of sulfonamides is 1. The van der Waals surface area contributed by atoms with Crippen molar-refractivity contribution in [2.75, 3.05) is 19.5 Å². The summed E-state index contributed by atoms with van der Waals surface area (Å²) < 4.78 is 50.5. The normalized spacial score (nSPS) is 27.0. The number of hydrogen-bond acceptors (Lipinski definition) is 9. The van der Waals surface area contributed by atoms with Gasteiger partial charge in [-0.1, -0.05) is 42.5 Å². The number of allylic oxidation sites excluding steroid dienone is 2. The number of ether oxygens (including phenoxy) is 4. The van der Waals surface area contributed by atoms with E-state index in [0.717, 1.165) is 49.7 Å². The van der Waals surface area contributed by atoms with Crippen LogP contribution in [-0.2, 0) is 38.6 Å². The molecule has 2 aromatic rings. The molecule has 1 amide bonds. The summed E-state index contributed by atoms with van der Waals surface area (Å²) in [6.07, 6.45) is 15.9. The number of carbonyl (C=O) groups is 2. The third kappa shape index (κ3) is 10.3. The molecule has 0 spiro atoms. The summed E-state index contributed by atoms with van der Waals surface area (Å²) in [4.78, 5) is 26.3. The molecule has 45 heavy (non-hydrogen) atoms. The maximum atomic E-state index is 13.4. The van der Waals surface area contributed by atoms with Crippen molar-refractivity contribution >= 4 is 43.1 Å². The Kier molecular flexibility index (Phi) is 12.4. The number of amides is 1. The van der Waals surface area contributed by atoms with Crippen LogP contribution in [0.2, 0.25) is 0 Å². The molecule has 2 saturated heterocycles. The second-order valence-electron chi connectivity index (χ2n) is 12.1. The molecule has 6 atom stereocenters. The highest BCUT2D eigenvalue weighted by molar-refractivity contribution is 7.89. The molecule has 246 valence electrons. The Balaban J connectivity index is 1.30. The molecule has 2 aliphatic heterocycles. The van der Waals surface area contributed by atoms with Crippen LogP contribution in [0.15, 0.2) is 54.6 Å². The summed E-state index contributed by atoms with van der Waals surface area (Å²) in [6, 6.07) is 10.5. The van der Waals surface area contributed by atoms with Crippen molar-refractivity contribution in [3.8, 4) is 0 Å². The molecule has 0 bridgehead atoms. The lowest BCUT2D eigenvalue weighted by Gasteiger charge is -2.29. The third-order valence-corrected chi connectivity index (χ3v) is 10.3. The van der Waals surface area contributed by atoms with Gasteiger partial charge in [0, 0.05) is 47.5 Å². The molecule has 1 aromatic carbocycles. The molecule has 11 heteroatoms. The van der Waals surface area contributed by atoms with E-state index in [9.17, 15) is 18.0 Å². The van der Waals surface area contributed by atoms with Crippen LogP contribution in [0, 0.1) is 11.8 Å². The lowest BCUT2D eigenvalue weighted by atomic mass is 9.90. The Morgan fingerprint density at radius 3 is 2.56 bits per heavy atom. The van der Waals surface area contributed by atoms with Gasteiger partial charge in [0.2, 0.25) is 15.9 Å². The van der Waals surface area contributed by atoms with Gasteiger partial charge in [-0.3, -0.25) is 14.3 Å². The molecule has 1 N–H and O–H groups in total. The summed E-state index contributed by atoms with van der Waals surface area (Å²) in [5, 5.41) is 1.17. The first-order valence-electron chi connectivity index (χ1n) is 16.1. The summed E-state index contributed by atoms with van der Waals surface area (Å²) in [6.45, 7) is 1.36. The molecule has 1 saturated carbocycles. The van der Waals surface area contributed by atoms with Crippen molar-refractivity contribution in [1.82, 2.24) is 4.72 Å². The van der Waals surface area contributed by atoms with Gasteiger partial charge >= 0.3 is 0 Å². The Morgan fingerprint density at radius 2 is 1.84 bits per heavy atom. The number of carbonyl (C=O) groups excluding carboxylic acids is 2. The average Bonchev–Trinajstić information content (AvgIpc) is 3.57. The highest BCUT2D eigenvalue weighted by Crippen LogP contribution is 2.39. The molecule has 9 nitrogen and oxygen atoms in total. The molecule has 3 fully saturated rings. The Hall–Kier alpha value is -2.41. The van der Waals surface area contributed by atoms with Crippen LogP contribution in [0.4, 0.5) is 0 Å². The predicted molar refractivity (Wildman–Crippen MR) is 174 cm³/mol. The Labute approximate surface area is 270 Å². The number of fused-ring (bicyclic) bond motifs is 1. The maximum Gasteiger partial charge on any atom is 0.233 e. The zero-order chi connectivity index (χ0) is 31.6. The lowest BCUT2D eigenvalue weighted by molar-refractivity contribution is -0.192. The van der Waals surface area contributed by atoms with Gasteiger partial charge in [0.1, 0.15) is 11.9 Å². The smallest absolute Gasteiger partial charge is 0.233 e. The van der Waals surface area contributed by atoms with Gasteiger partial charge in [0.15, 0.2) is 12.6 Å². The van der Waals surface area contributed by atoms with Gasteiger partial charge in [-0.25, -0.2) is 8.42 Å². The standard InChI is InChI=1S/C34H45NO8S2/c1-45(38,39)35-32(37)15-5-3-2-4-13-25-26(29(23-27(25)36)43-34-17-9-11-21-41-34)18-19-28(42-33-16-8-10-20-40-33)31-22-24-12-6-7-14-30(24)44-31/h2,4,6-7,12,14,18-19,22,25-26,28-29,33-34H,3,5,8-11,13,15-17,20-21,23H2,1H3,(H,35,37)/b4-2-,19-18+/t25-,26-,28-,29-,33?,34?/m1/s1. The minimum Gasteiger partial charge on any atom is -0.353 e. The van der Waals surface area contributed by atoms with Gasteiger partial charge in [-0.2, -0.15) is 0 Å². The molecule has 1 aliphatic carbocycles. The SMILES string of the molecule is CS(=O)(=O)NC(=O)CCC/C=C\C[C@H]1C(=O)C[C@@H](OC2CCCCO2)[C@@H]1/C=C/[C@@H](OC1CCCCO1)c1cc2ccccc2s1. The van der Waals surface area contributed by atoms with Crippen LogP contribution in [0.3, 0.4) is 0 Å². The summed E-state index contributed by atoms with van der Waals surface area (Å²) in [7, 11) is -3.55. The van der Waals surface area contributed by atoms with E-state index in [1.807, 2.05) is 29.0 Å². The molecule has 0 radical (unpaired) electrons. The summed E-state index contributed by atoms with van der Waals surface area (Å²) in [5.41, 5.74) is 0. The largest absolute Gasteiger partial charge is 0.353 e. The second kappa shape index (κ2) is 16.4. The Morgan fingerprint density at radius 1 is 1.09 bits per heavy atom. The van der Waals surface area contributed by atoms with E-state index in [1.54, 1.807) is 11.3 Å². The summed E-state index contributed by atoms with van der Waals surface area (Å²) in [5.74, 6) is -0.756. The molecule has 1 aromatic heterocycles. The molecular formula is C34H45NO8S2.